The second-order valence-electron chi connectivity index (χ2n) is 6.03. The number of rotatable bonds is 5. The molecule has 3 rings (SSSR count). The number of para-hydroxylation sites is 2. The molecule has 0 amide bonds. The average Bonchev–Trinajstić information content (AvgIpc) is 2.71. The van der Waals surface area contributed by atoms with Crippen LogP contribution >= 0.6 is 0 Å². The normalized spacial score (nSPS) is 34.7. The second-order valence-corrected chi connectivity index (χ2v) is 8.02. The third kappa shape index (κ3) is 3.09. The molecular formula is C16H22O4S. The molecule has 0 aliphatic carbocycles. The van der Waals surface area contributed by atoms with Crippen molar-refractivity contribution < 1.29 is 18.8 Å². The molecule has 2 atom stereocenters. The maximum absolute atomic E-state index is 12.0. The summed E-state index contributed by atoms with van der Waals surface area (Å²) in [6.07, 6.45) is 3.85. The van der Waals surface area contributed by atoms with Crippen LogP contribution in [0, 0.1) is 0 Å². The van der Waals surface area contributed by atoms with Crippen molar-refractivity contribution in [1.29, 1.82) is 0 Å². The molecule has 2 unspecified atom stereocenters. The van der Waals surface area contributed by atoms with Gasteiger partial charge in [0.15, 0.2) is 11.5 Å². The van der Waals surface area contributed by atoms with Gasteiger partial charge < -0.3 is 14.6 Å². The molecule has 1 N–H and O–H groups in total. The van der Waals surface area contributed by atoms with Crippen LogP contribution in [0.1, 0.15) is 32.1 Å². The Morgan fingerprint density at radius 2 is 1.86 bits per heavy atom. The fourth-order valence-corrected chi connectivity index (χ4v) is 5.70. The fraction of sp³-hybridized carbons (Fsp3) is 0.625. The zero-order valence-electron chi connectivity index (χ0n) is 12.3. The molecule has 0 saturated carbocycles. The highest BCUT2D eigenvalue weighted by molar-refractivity contribution is 7.86. The molecule has 116 valence electrons. The number of hydrogen-bond acceptors (Lipinski definition) is 4. The highest BCUT2D eigenvalue weighted by atomic mass is 32.2. The van der Waals surface area contributed by atoms with Gasteiger partial charge in [0.25, 0.3) is 0 Å². The Labute approximate surface area is 127 Å². The lowest BCUT2D eigenvalue weighted by molar-refractivity contribution is 0.00287. The lowest BCUT2D eigenvalue weighted by Gasteiger charge is -2.35. The van der Waals surface area contributed by atoms with Crippen molar-refractivity contribution in [2.24, 2.45) is 0 Å². The Hall–Kier alpha value is -1.07. The van der Waals surface area contributed by atoms with Gasteiger partial charge >= 0.3 is 0 Å². The van der Waals surface area contributed by atoms with Gasteiger partial charge in [-0.15, -0.1) is 0 Å². The van der Waals surface area contributed by atoms with Crippen molar-refractivity contribution >= 4 is 10.8 Å². The Balaban J connectivity index is 1.57. The molecule has 2 aliphatic heterocycles. The first-order valence-corrected chi connectivity index (χ1v) is 8.76. The molecule has 5 heteroatoms. The van der Waals surface area contributed by atoms with Crippen molar-refractivity contribution in [3.8, 4) is 11.5 Å². The number of hydrogen-bond donors (Lipinski definition) is 1. The summed E-state index contributed by atoms with van der Waals surface area (Å²) in [4.78, 5) is 0. The second kappa shape index (κ2) is 5.97. The van der Waals surface area contributed by atoms with Crippen LogP contribution < -0.4 is 9.47 Å². The van der Waals surface area contributed by atoms with Gasteiger partial charge in [0.2, 0.25) is 0 Å². The van der Waals surface area contributed by atoms with Crippen LogP contribution in [0.2, 0.25) is 0 Å². The summed E-state index contributed by atoms with van der Waals surface area (Å²) in [5.41, 5.74) is -0.720. The summed E-state index contributed by atoms with van der Waals surface area (Å²) >= 11 is 0. The van der Waals surface area contributed by atoms with E-state index in [4.69, 9.17) is 9.47 Å². The third-order valence-electron chi connectivity index (χ3n) is 4.58. The predicted octanol–water partition coefficient (Wildman–Crippen LogP) is 2.27. The minimum Gasteiger partial charge on any atom is -0.493 e. The summed E-state index contributed by atoms with van der Waals surface area (Å²) in [5.74, 6) is 1.40. The standard InChI is InChI=1S/C16H22O4S/c1-19-14-4-2-3-5-15(14)20-9-8-16(17)10-12-6-7-13(11-16)21(12)18/h2-5,12-13,17H,6-11H2,1H3. The number of methoxy groups -OCH3 is 1. The van der Waals surface area contributed by atoms with Gasteiger partial charge in [-0.2, -0.15) is 0 Å². The van der Waals surface area contributed by atoms with E-state index in [2.05, 4.69) is 0 Å². The maximum Gasteiger partial charge on any atom is 0.161 e. The number of aliphatic hydroxyl groups is 1. The van der Waals surface area contributed by atoms with E-state index in [9.17, 15) is 9.32 Å². The van der Waals surface area contributed by atoms with Gasteiger partial charge in [-0.05, 0) is 37.8 Å². The van der Waals surface area contributed by atoms with E-state index >= 15 is 0 Å². The number of ether oxygens (including phenoxy) is 2. The topological polar surface area (TPSA) is 55.8 Å². The Kier molecular flexibility index (Phi) is 4.22. The summed E-state index contributed by atoms with van der Waals surface area (Å²) in [6, 6.07) is 7.51. The largest absolute Gasteiger partial charge is 0.493 e. The molecular weight excluding hydrogens is 288 g/mol. The Bertz CT molecular complexity index is 515. The monoisotopic (exact) mass is 310 g/mol. The number of fused-ring (bicyclic) bond motifs is 2. The van der Waals surface area contributed by atoms with Crippen LogP contribution in [0.15, 0.2) is 24.3 Å². The first-order chi connectivity index (χ1) is 10.1. The van der Waals surface area contributed by atoms with Crippen molar-refractivity contribution in [3.63, 3.8) is 0 Å². The summed E-state index contributed by atoms with van der Waals surface area (Å²) in [7, 11) is 0.882. The van der Waals surface area contributed by atoms with Crippen LogP contribution in [0.3, 0.4) is 0 Å². The molecule has 0 aromatic heterocycles. The molecule has 0 radical (unpaired) electrons. The summed E-state index contributed by atoms with van der Waals surface area (Å²) in [6.45, 7) is 0.447. The zero-order chi connectivity index (χ0) is 14.9. The first kappa shape index (κ1) is 14.9. The molecule has 0 spiro atoms. The fourth-order valence-electron chi connectivity index (χ4n) is 3.47. The molecule has 4 nitrogen and oxygen atoms in total. The van der Waals surface area contributed by atoms with E-state index in [0.29, 0.717) is 37.4 Å². The molecule has 2 heterocycles. The molecule has 21 heavy (non-hydrogen) atoms. The van der Waals surface area contributed by atoms with Crippen molar-refractivity contribution in [1.82, 2.24) is 0 Å². The third-order valence-corrected chi connectivity index (χ3v) is 6.70. The lowest BCUT2D eigenvalue weighted by Crippen LogP contribution is -2.43. The van der Waals surface area contributed by atoms with Gasteiger partial charge in [0.1, 0.15) is 0 Å². The Morgan fingerprint density at radius 3 is 2.48 bits per heavy atom. The van der Waals surface area contributed by atoms with E-state index in [1.54, 1.807) is 7.11 Å². The van der Waals surface area contributed by atoms with Crippen LogP contribution in [-0.2, 0) is 10.8 Å². The minimum absolute atomic E-state index is 0.181. The molecule has 2 aliphatic rings. The predicted molar refractivity (Wildman–Crippen MR) is 82.2 cm³/mol. The zero-order valence-corrected chi connectivity index (χ0v) is 13.1. The minimum atomic E-state index is -0.733. The molecule has 2 fully saturated rings. The van der Waals surface area contributed by atoms with E-state index in [0.717, 1.165) is 12.8 Å². The van der Waals surface area contributed by atoms with Crippen molar-refractivity contribution in [3.05, 3.63) is 24.3 Å². The van der Waals surface area contributed by atoms with Crippen LogP contribution in [0.4, 0.5) is 0 Å². The maximum atomic E-state index is 12.0. The molecule has 1 aromatic carbocycles. The smallest absolute Gasteiger partial charge is 0.161 e. The van der Waals surface area contributed by atoms with Gasteiger partial charge in [-0.3, -0.25) is 4.21 Å². The van der Waals surface area contributed by atoms with Crippen LogP contribution in [-0.4, -0.2) is 39.1 Å². The van der Waals surface area contributed by atoms with Gasteiger partial charge in [-0.1, -0.05) is 12.1 Å². The van der Waals surface area contributed by atoms with E-state index in [1.165, 1.54) is 0 Å². The SMILES string of the molecule is COc1ccccc1OCCC1(O)CC2CCC(C1)S2=O. The highest BCUT2D eigenvalue weighted by Crippen LogP contribution is 2.42. The molecule has 1 aromatic rings. The van der Waals surface area contributed by atoms with Crippen molar-refractivity contribution in [2.45, 2.75) is 48.2 Å². The first-order valence-electron chi connectivity index (χ1n) is 7.49. The van der Waals surface area contributed by atoms with Crippen molar-refractivity contribution in [2.75, 3.05) is 13.7 Å². The molecule has 2 bridgehead atoms. The van der Waals surface area contributed by atoms with Gasteiger partial charge in [0.05, 0.1) is 19.3 Å². The van der Waals surface area contributed by atoms with Gasteiger partial charge in [-0.25, -0.2) is 0 Å². The van der Waals surface area contributed by atoms with E-state index in [-0.39, 0.29) is 10.5 Å². The molecule has 2 saturated heterocycles. The Morgan fingerprint density at radius 1 is 1.24 bits per heavy atom. The van der Waals surface area contributed by atoms with E-state index in [1.807, 2.05) is 24.3 Å². The highest BCUT2D eigenvalue weighted by Gasteiger charge is 2.47. The van der Waals surface area contributed by atoms with Crippen LogP contribution in [0.5, 0.6) is 11.5 Å². The average molecular weight is 310 g/mol. The lowest BCUT2D eigenvalue weighted by atomic mass is 9.90. The summed E-state index contributed by atoms with van der Waals surface area (Å²) < 4.78 is 23.0. The number of benzene rings is 1. The quantitative estimate of drug-likeness (QED) is 0.906. The van der Waals surface area contributed by atoms with Crippen LogP contribution in [0.25, 0.3) is 0 Å². The summed E-state index contributed by atoms with van der Waals surface area (Å²) in [5, 5.41) is 11.1. The van der Waals surface area contributed by atoms with Gasteiger partial charge in [0, 0.05) is 27.7 Å². The van der Waals surface area contributed by atoms with E-state index < -0.39 is 16.4 Å².